The van der Waals surface area contributed by atoms with E-state index in [9.17, 15) is 14.3 Å². The topological polar surface area (TPSA) is 107 Å². The van der Waals surface area contributed by atoms with E-state index in [4.69, 9.17) is 0 Å². The van der Waals surface area contributed by atoms with Gasteiger partial charge in [-0.15, -0.1) is 0 Å². The van der Waals surface area contributed by atoms with Crippen molar-refractivity contribution < 1.29 is 9.13 Å². The van der Waals surface area contributed by atoms with Gasteiger partial charge in [-0.05, 0) is 4.92 Å². The predicted octanol–water partition coefficient (Wildman–Crippen LogP) is 0.0276. The number of imidazole rings is 2. The lowest BCUT2D eigenvalue weighted by molar-refractivity contribution is -0.391. The van der Waals surface area contributed by atoms with Crippen molar-refractivity contribution in [2.45, 2.75) is 6.42 Å². The van der Waals surface area contributed by atoms with Gasteiger partial charge in [-0.3, -0.25) is 0 Å². The monoisotopic (exact) mass is 267 g/mol. The van der Waals surface area contributed by atoms with E-state index in [1.807, 2.05) is 0 Å². The maximum Gasteiger partial charge on any atom is 0.342 e. The van der Waals surface area contributed by atoms with Crippen LogP contribution in [0.5, 0.6) is 0 Å². The number of aromatic amines is 1. The summed E-state index contributed by atoms with van der Waals surface area (Å²) in [7, 11) is 1.54. The standard InChI is InChI=1S/C9H9N5O3S/c1-13-7(12-5-8(13)14(15)16)4-6(18-17)9-10-2-3-11-9/h2-3,5H,4H2,1H3,(H,10,11). The average molecular weight is 267 g/mol. The minimum absolute atomic E-state index is 0.111. The summed E-state index contributed by atoms with van der Waals surface area (Å²) in [6, 6.07) is 0. The maximum atomic E-state index is 11.0. The summed E-state index contributed by atoms with van der Waals surface area (Å²) in [6.07, 6.45) is 4.51. The first-order valence-electron chi connectivity index (χ1n) is 4.94. The van der Waals surface area contributed by atoms with Crippen LogP contribution in [0.2, 0.25) is 0 Å². The van der Waals surface area contributed by atoms with Gasteiger partial charge in [-0.2, -0.15) is 0 Å². The zero-order valence-corrected chi connectivity index (χ0v) is 10.2. The molecule has 1 N–H and O–H groups in total. The third-order valence-electron chi connectivity index (χ3n) is 2.43. The van der Waals surface area contributed by atoms with Crippen molar-refractivity contribution in [3.8, 4) is 0 Å². The van der Waals surface area contributed by atoms with Gasteiger partial charge in [0.1, 0.15) is 12.0 Å². The fourth-order valence-corrected chi connectivity index (χ4v) is 1.86. The molecule has 0 aliphatic rings. The first kappa shape index (κ1) is 12.2. The number of H-pyrrole nitrogens is 1. The van der Waals surface area contributed by atoms with Gasteiger partial charge in [-0.1, -0.05) is 0 Å². The molecule has 0 fully saturated rings. The normalized spacial score (nSPS) is 10.3. The first-order chi connectivity index (χ1) is 8.63. The van der Waals surface area contributed by atoms with Gasteiger partial charge in [0.25, 0.3) is 0 Å². The average Bonchev–Trinajstić information content (AvgIpc) is 2.96. The van der Waals surface area contributed by atoms with Crippen molar-refractivity contribution >= 4 is 21.9 Å². The largest absolute Gasteiger partial charge is 0.358 e. The van der Waals surface area contributed by atoms with Crippen LogP contribution in [0.25, 0.3) is 0 Å². The number of aromatic nitrogens is 4. The molecule has 0 aliphatic heterocycles. The molecule has 0 aliphatic carbocycles. The summed E-state index contributed by atoms with van der Waals surface area (Å²) in [5.41, 5.74) is 0. The van der Waals surface area contributed by atoms with Crippen LogP contribution >= 0.6 is 0 Å². The molecule has 2 aromatic heterocycles. The van der Waals surface area contributed by atoms with E-state index < -0.39 is 4.92 Å². The molecular formula is C9H9N5O3S. The van der Waals surface area contributed by atoms with Crippen molar-refractivity contribution in [3.05, 3.63) is 40.4 Å². The zero-order chi connectivity index (χ0) is 13.1. The van der Waals surface area contributed by atoms with Crippen LogP contribution in [0, 0.1) is 10.1 Å². The van der Waals surface area contributed by atoms with Crippen molar-refractivity contribution in [2.24, 2.45) is 7.05 Å². The second kappa shape index (κ2) is 4.92. The van der Waals surface area contributed by atoms with E-state index in [2.05, 4.69) is 15.0 Å². The number of nitro groups is 1. The van der Waals surface area contributed by atoms with E-state index in [1.165, 1.54) is 24.0 Å². The van der Waals surface area contributed by atoms with Crippen LogP contribution in [-0.4, -0.2) is 33.5 Å². The molecule has 0 radical (unpaired) electrons. The molecule has 0 unspecified atom stereocenters. The van der Waals surface area contributed by atoms with Crippen molar-refractivity contribution in [1.82, 2.24) is 19.5 Å². The second-order valence-electron chi connectivity index (χ2n) is 3.47. The van der Waals surface area contributed by atoms with Crippen molar-refractivity contribution in [2.75, 3.05) is 0 Å². The highest BCUT2D eigenvalue weighted by Gasteiger charge is 2.19. The van der Waals surface area contributed by atoms with Crippen LogP contribution < -0.4 is 0 Å². The molecule has 0 aromatic carbocycles. The lowest BCUT2D eigenvalue weighted by atomic mass is 10.3. The maximum absolute atomic E-state index is 11.0. The molecule has 8 nitrogen and oxygen atoms in total. The fraction of sp³-hybridized carbons (Fsp3) is 0.222. The van der Waals surface area contributed by atoms with Crippen molar-refractivity contribution in [3.63, 3.8) is 0 Å². The Morgan fingerprint density at radius 1 is 1.61 bits per heavy atom. The van der Waals surface area contributed by atoms with E-state index in [1.54, 1.807) is 6.20 Å². The minimum Gasteiger partial charge on any atom is -0.358 e. The summed E-state index contributed by atoms with van der Waals surface area (Å²) in [4.78, 5) is 21.3. The molecule has 2 heterocycles. The Morgan fingerprint density at radius 3 is 2.89 bits per heavy atom. The number of hydrogen-bond acceptors (Lipinski definition) is 5. The number of rotatable bonds is 4. The van der Waals surface area contributed by atoms with Gasteiger partial charge in [-0.25, -0.2) is 18.7 Å². The van der Waals surface area contributed by atoms with Crippen LogP contribution in [0.1, 0.15) is 11.6 Å². The van der Waals surface area contributed by atoms with Gasteiger partial charge in [0.05, 0.1) is 29.6 Å². The van der Waals surface area contributed by atoms with E-state index in [0.717, 1.165) is 0 Å². The van der Waals surface area contributed by atoms with Gasteiger partial charge in [0.15, 0.2) is 0 Å². The molecule has 2 rings (SSSR count). The van der Waals surface area contributed by atoms with E-state index >= 15 is 0 Å². The Morgan fingerprint density at radius 2 is 2.39 bits per heavy atom. The molecule has 18 heavy (non-hydrogen) atoms. The molecule has 0 saturated carbocycles. The van der Waals surface area contributed by atoms with Crippen LogP contribution in [-0.2, 0) is 24.7 Å². The second-order valence-corrected chi connectivity index (χ2v) is 4.13. The quantitative estimate of drug-likeness (QED) is 0.364. The highest BCUT2D eigenvalue weighted by Crippen LogP contribution is 2.12. The molecule has 0 saturated heterocycles. The predicted molar refractivity (Wildman–Crippen MR) is 64.4 cm³/mol. The Hall–Kier alpha value is -2.29. The third kappa shape index (κ3) is 2.20. The Bertz CT molecular complexity index is 627. The highest BCUT2D eigenvalue weighted by molar-refractivity contribution is 7.67. The first-order valence-corrected chi connectivity index (χ1v) is 5.68. The van der Waals surface area contributed by atoms with E-state index in [-0.39, 0.29) is 12.2 Å². The van der Waals surface area contributed by atoms with Gasteiger partial charge < -0.3 is 15.1 Å². The Labute approximate surface area is 105 Å². The van der Waals surface area contributed by atoms with Gasteiger partial charge in [0.2, 0.25) is 5.82 Å². The van der Waals surface area contributed by atoms with Gasteiger partial charge in [0, 0.05) is 12.4 Å². The Kier molecular flexibility index (Phi) is 3.33. The lowest BCUT2D eigenvalue weighted by Gasteiger charge is -1.98. The van der Waals surface area contributed by atoms with Crippen LogP contribution in [0.15, 0.2) is 18.6 Å². The van der Waals surface area contributed by atoms with Crippen molar-refractivity contribution in [1.29, 1.82) is 0 Å². The molecule has 2 aromatic rings. The summed E-state index contributed by atoms with van der Waals surface area (Å²) < 4.78 is 12.4. The molecule has 0 amide bonds. The highest BCUT2D eigenvalue weighted by atomic mass is 32.1. The van der Waals surface area contributed by atoms with Crippen LogP contribution in [0.4, 0.5) is 5.82 Å². The van der Waals surface area contributed by atoms with Crippen LogP contribution in [0.3, 0.4) is 0 Å². The number of nitrogens with zero attached hydrogens (tertiary/aromatic N) is 4. The molecule has 0 bridgehead atoms. The Balaban J connectivity index is 2.29. The van der Waals surface area contributed by atoms with Gasteiger partial charge >= 0.3 is 5.82 Å². The third-order valence-corrected chi connectivity index (χ3v) is 2.97. The minimum atomic E-state index is -0.520. The number of nitrogens with one attached hydrogen (secondary N) is 1. The lowest BCUT2D eigenvalue weighted by Crippen LogP contribution is -2.11. The number of hydrogen-bond donors (Lipinski definition) is 1. The van der Waals surface area contributed by atoms with E-state index in [0.29, 0.717) is 27.8 Å². The zero-order valence-electron chi connectivity index (χ0n) is 9.36. The molecule has 0 spiro atoms. The molecular weight excluding hydrogens is 258 g/mol. The molecule has 94 valence electrons. The SMILES string of the molecule is Cn1c([N+](=O)[O-])cnc1CC(=S=O)c1ncc[nH]1. The summed E-state index contributed by atoms with van der Waals surface area (Å²) in [5.74, 6) is 0.789. The summed E-state index contributed by atoms with van der Waals surface area (Å²) in [5, 5.41) is 10.7. The fourth-order valence-electron chi connectivity index (χ4n) is 1.49. The molecule has 9 heteroatoms. The summed E-state index contributed by atoms with van der Waals surface area (Å²) >= 11 is 0.299. The summed E-state index contributed by atoms with van der Waals surface area (Å²) in [6.45, 7) is 0. The molecule has 0 atom stereocenters. The smallest absolute Gasteiger partial charge is 0.342 e.